The van der Waals surface area contributed by atoms with Crippen LogP contribution in [0, 0.1) is 18.8 Å². The number of Topliss-reactive ketones (excluding diaryl/α,β-unsaturated/α-hetero) is 1. The van der Waals surface area contributed by atoms with E-state index in [1.807, 2.05) is 18.2 Å². The van der Waals surface area contributed by atoms with E-state index in [2.05, 4.69) is 43.7 Å². The van der Waals surface area contributed by atoms with Crippen molar-refractivity contribution in [2.45, 2.75) is 76.2 Å². The third kappa shape index (κ3) is 7.41. The summed E-state index contributed by atoms with van der Waals surface area (Å²) >= 11 is 6.45. The van der Waals surface area contributed by atoms with Gasteiger partial charge in [0.25, 0.3) is 5.91 Å². The Morgan fingerprint density at radius 3 is 2.82 bits per heavy atom. The molecule has 2 bridgehead atoms. The van der Waals surface area contributed by atoms with E-state index in [4.69, 9.17) is 25.5 Å². The number of fused-ring (bicyclic) bond motifs is 4. The second-order valence-corrected chi connectivity index (χ2v) is 17.2. The molecule has 2 aliphatic carbocycles. The first-order chi connectivity index (χ1) is 24.1. The van der Waals surface area contributed by atoms with Crippen molar-refractivity contribution in [3.63, 3.8) is 0 Å². The minimum absolute atomic E-state index is 0.0345. The van der Waals surface area contributed by atoms with Gasteiger partial charge in [-0.25, -0.2) is 4.21 Å². The Kier molecular flexibility index (Phi) is 10.2. The van der Waals surface area contributed by atoms with Crippen LogP contribution >= 0.6 is 11.6 Å². The lowest BCUT2D eigenvalue weighted by Crippen LogP contribution is -2.49. The zero-order valence-electron chi connectivity index (χ0n) is 28.8. The van der Waals surface area contributed by atoms with Crippen LogP contribution in [0.4, 0.5) is 5.69 Å². The monoisotopic (exact) mass is 720 g/mol. The molecule has 50 heavy (non-hydrogen) atoms. The molecular weight excluding hydrogens is 676 g/mol. The molecule has 5 atom stereocenters. The number of carbonyl (C=O) groups excluding carboxylic acids is 2. The highest BCUT2D eigenvalue weighted by molar-refractivity contribution is 7.94. The lowest BCUT2D eigenvalue weighted by atomic mass is 9.68. The molecule has 0 radical (unpaired) electrons. The number of carbonyl (C=O) groups is 2. The first kappa shape index (κ1) is 34.9. The SMILES string of the molecule is CO[C@H]1/C=C/CCC[S@@](=O)(CC(=O)CCc2nnc(C)o2)=NC(=O)c2ccc3c(c2)N(C[C@@H]2CC[C@H]21)C[C@@]1(CCCc2cc(Cl)ccc21)CO3. The van der Waals surface area contributed by atoms with Crippen molar-refractivity contribution >= 4 is 38.7 Å². The van der Waals surface area contributed by atoms with Crippen LogP contribution in [0.3, 0.4) is 0 Å². The van der Waals surface area contributed by atoms with Crippen molar-refractivity contribution < 1.29 is 27.7 Å². The Balaban J connectivity index is 1.24. The van der Waals surface area contributed by atoms with Gasteiger partial charge < -0.3 is 18.8 Å². The first-order valence-corrected chi connectivity index (χ1v) is 19.9. The van der Waals surface area contributed by atoms with Crippen molar-refractivity contribution in [2.75, 3.05) is 43.2 Å². The number of hydrogen-bond donors (Lipinski definition) is 0. The standard InChI is InChI=1S/C38H45ClN4O6S/c1-25-40-41-36(49-25)16-12-30(44)22-50(46)18-5-3-4-8-34(47-2)31-13-9-28(31)21-43-23-38(17-6-7-26-19-29(39)11-14-32(26)38)24-48-35-15-10-27(20-33(35)43)37(45)42-50/h4,8,10-11,14-15,19-20,28,31,34H,3,5-7,9,12-13,16-18,21-24H2,1-2H3/b8-4+/t28-,31+,34-,38-,50+/m0/s1. The number of aryl methyl sites for hydroxylation is 3. The molecule has 1 spiro atoms. The summed E-state index contributed by atoms with van der Waals surface area (Å²) < 4.78 is 36.7. The van der Waals surface area contributed by atoms with Crippen LogP contribution < -0.4 is 9.64 Å². The maximum Gasteiger partial charge on any atom is 0.285 e. The molecule has 3 aromatic rings. The van der Waals surface area contributed by atoms with Crippen LogP contribution in [0.15, 0.2) is 57.3 Å². The molecule has 3 heterocycles. The number of allylic oxidation sites excluding steroid dienone is 1. The molecule has 0 N–H and O–H groups in total. The summed E-state index contributed by atoms with van der Waals surface area (Å²) in [6.07, 6.45) is 10.8. The number of halogens is 1. The highest BCUT2D eigenvalue weighted by Gasteiger charge is 2.44. The van der Waals surface area contributed by atoms with E-state index in [-0.39, 0.29) is 41.6 Å². The Labute approximate surface area is 299 Å². The van der Waals surface area contributed by atoms with Crippen LogP contribution in [-0.4, -0.2) is 70.5 Å². The Bertz CT molecular complexity index is 1920. The Morgan fingerprint density at radius 1 is 1.16 bits per heavy atom. The molecule has 266 valence electrons. The van der Waals surface area contributed by atoms with Gasteiger partial charge in [-0.3, -0.25) is 9.59 Å². The zero-order valence-corrected chi connectivity index (χ0v) is 30.3. The van der Waals surface area contributed by atoms with Gasteiger partial charge in [-0.1, -0.05) is 29.8 Å². The predicted molar refractivity (Wildman–Crippen MR) is 193 cm³/mol. The van der Waals surface area contributed by atoms with Gasteiger partial charge in [-0.05, 0) is 98.2 Å². The van der Waals surface area contributed by atoms with Gasteiger partial charge in [0.1, 0.15) is 11.5 Å². The third-order valence-corrected chi connectivity index (χ3v) is 13.3. The van der Waals surface area contributed by atoms with E-state index in [0.29, 0.717) is 54.4 Å². The number of rotatable bonds is 6. The van der Waals surface area contributed by atoms with Crippen LogP contribution in [0.25, 0.3) is 0 Å². The second kappa shape index (κ2) is 14.6. The van der Waals surface area contributed by atoms with Crippen molar-refractivity contribution in [3.05, 3.63) is 82.0 Å². The molecule has 1 aromatic heterocycles. The minimum atomic E-state index is -3.20. The molecule has 1 saturated carbocycles. The highest BCUT2D eigenvalue weighted by Crippen LogP contribution is 2.47. The van der Waals surface area contributed by atoms with Crippen molar-refractivity contribution in [2.24, 2.45) is 16.2 Å². The molecule has 0 unspecified atom stereocenters. The van der Waals surface area contributed by atoms with Gasteiger partial charge >= 0.3 is 0 Å². The molecule has 2 aromatic carbocycles. The van der Waals surface area contributed by atoms with E-state index in [0.717, 1.165) is 55.9 Å². The van der Waals surface area contributed by atoms with Gasteiger partial charge in [0, 0.05) is 61.7 Å². The van der Waals surface area contributed by atoms with Gasteiger partial charge in [0.2, 0.25) is 11.8 Å². The Hall–Kier alpha value is -3.54. The van der Waals surface area contributed by atoms with E-state index >= 15 is 0 Å². The largest absolute Gasteiger partial charge is 0.490 e. The number of amides is 1. The lowest BCUT2D eigenvalue weighted by Gasteiger charge is -2.46. The number of hydrogen-bond acceptors (Lipinski definition) is 9. The van der Waals surface area contributed by atoms with Crippen molar-refractivity contribution in [3.8, 4) is 5.75 Å². The predicted octanol–water partition coefficient (Wildman–Crippen LogP) is 6.71. The highest BCUT2D eigenvalue weighted by atomic mass is 35.5. The molecule has 1 fully saturated rings. The first-order valence-electron chi connectivity index (χ1n) is 17.7. The van der Waals surface area contributed by atoms with Crippen LogP contribution in [0.2, 0.25) is 5.02 Å². The molecular formula is C38H45ClN4O6S. The van der Waals surface area contributed by atoms with E-state index < -0.39 is 15.6 Å². The minimum Gasteiger partial charge on any atom is -0.490 e. The molecule has 10 nitrogen and oxygen atoms in total. The molecule has 0 saturated heterocycles. The number of benzene rings is 2. The smallest absolute Gasteiger partial charge is 0.285 e. The van der Waals surface area contributed by atoms with E-state index in [1.165, 1.54) is 11.1 Å². The van der Waals surface area contributed by atoms with Crippen LogP contribution in [0.1, 0.15) is 78.2 Å². The molecule has 7 rings (SSSR count). The van der Waals surface area contributed by atoms with Gasteiger partial charge in [0.05, 0.1) is 33.9 Å². The van der Waals surface area contributed by atoms with E-state index in [1.54, 1.807) is 20.1 Å². The quantitative estimate of drug-likeness (QED) is 0.256. The fraction of sp³-hybridized carbons (Fsp3) is 0.526. The summed E-state index contributed by atoms with van der Waals surface area (Å²) in [6.45, 7) is 3.72. The third-order valence-electron chi connectivity index (χ3n) is 10.9. The van der Waals surface area contributed by atoms with Gasteiger partial charge in [-0.15, -0.1) is 10.2 Å². The Morgan fingerprint density at radius 2 is 2.04 bits per heavy atom. The number of methoxy groups -OCH3 is 1. The summed E-state index contributed by atoms with van der Waals surface area (Å²) in [7, 11) is -1.44. The summed E-state index contributed by atoms with van der Waals surface area (Å²) in [5.41, 5.74) is 3.47. The zero-order chi connectivity index (χ0) is 34.9. The topological polar surface area (TPSA) is 124 Å². The van der Waals surface area contributed by atoms with Crippen LogP contribution in [-0.2, 0) is 37.5 Å². The number of aromatic nitrogens is 2. The molecule has 2 aliphatic heterocycles. The summed E-state index contributed by atoms with van der Waals surface area (Å²) in [6, 6.07) is 11.6. The maximum atomic E-state index is 14.3. The number of ether oxygens (including phenoxy) is 2. The number of anilines is 1. The van der Waals surface area contributed by atoms with Gasteiger partial charge in [-0.2, -0.15) is 4.36 Å². The lowest BCUT2D eigenvalue weighted by molar-refractivity contribution is -0.116. The number of nitrogens with zero attached hydrogens (tertiary/aromatic N) is 4. The summed E-state index contributed by atoms with van der Waals surface area (Å²) in [4.78, 5) is 29.4. The van der Waals surface area contributed by atoms with Gasteiger partial charge in [0.15, 0.2) is 0 Å². The molecule has 1 amide bonds. The normalized spacial score (nSPS) is 28.7. The number of ketones is 1. The summed E-state index contributed by atoms with van der Waals surface area (Å²) in [5, 5.41) is 8.51. The second-order valence-electron chi connectivity index (χ2n) is 14.3. The molecule has 12 heteroatoms. The fourth-order valence-corrected chi connectivity index (χ4v) is 10.4. The average Bonchev–Trinajstić information content (AvgIpc) is 3.44. The molecule has 4 aliphatic rings. The van der Waals surface area contributed by atoms with Crippen LogP contribution in [0.5, 0.6) is 5.75 Å². The van der Waals surface area contributed by atoms with Crippen molar-refractivity contribution in [1.29, 1.82) is 0 Å². The maximum absolute atomic E-state index is 14.3. The summed E-state index contributed by atoms with van der Waals surface area (Å²) in [5.74, 6) is 1.21. The van der Waals surface area contributed by atoms with E-state index in [9.17, 15) is 13.8 Å². The fourth-order valence-electron chi connectivity index (χ4n) is 8.20. The van der Waals surface area contributed by atoms with Crippen molar-refractivity contribution in [1.82, 2.24) is 10.2 Å². The average molecular weight is 721 g/mol.